The van der Waals surface area contributed by atoms with E-state index in [1.807, 2.05) is 25.1 Å². The summed E-state index contributed by atoms with van der Waals surface area (Å²) in [6.07, 6.45) is 0. The molecule has 3 heteroatoms. The number of ether oxygens (including phenoxy) is 1. The van der Waals surface area contributed by atoms with Crippen LogP contribution in [0.25, 0.3) is 0 Å². The van der Waals surface area contributed by atoms with E-state index < -0.39 is 0 Å². The van der Waals surface area contributed by atoms with Gasteiger partial charge in [-0.15, -0.1) is 0 Å². The lowest BCUT2D eigenvalue weighted by molar-refractivity contribution is 0.289. The molecule has 17 heavy (non-hydrogen) atoms. The SMILES string of the molecule is Cc1ccc(COc2ccccc2F)c(Br)c1. The summed E-state index contributed by atoms with van der Waals surface area (Å²) in [5, 5.41) is 0. The van der Waals surface area contributed by atoms with E-state index in [1.165, 1.54) is 11.6 Å². The molecule has 0 N–H and O–H groups in total. The van der Waals surface area contributed by atoms with Crippen molar-refractivity contribution in [2.24, 2.45) is 0 Å². The number of benzene rings is 2. The fraction of sp³-hybridized carbons (Fsp3) is 0.143. The van der Waals surface area contributed by atoms with Crippen molar-refractivity contribution >= 4 is 15.9 Å². The molecule has 0 saturated carbocycles. The third-order valence-corrected chi connectivity index (χ3v) is 3.17. The van der Waals surface area contributed by atoms with Gasteiger partial charge in [0.2, 0.25) is 0 Å². The van der Waals surface area contributed by atoms with Gasteiger partial charge in [0.15, 0.2) is 11.6 Å². The van der Waals surface area contributed by atoms with E-state index in [9.17, 15) is 4.39 Å². The van der Waals surface area contributed by atoms with Crippen LogP contribution < -0.4 is 4.74 Å². The molecule has 88 valence electrons. The Kier molecular flexibility index (Phi) is 3.79. The first-order chi connectivity index (χ1) is 8.16. The van der Waals surface area contributed by atoms with Gasteiger partial charge in [0.05, 0.1) is 0 Å². The smallest absolute Gasteiger partial charge is 0.165 e. The summed E-state index contributed by atoms with van der Waals surface area (Å²) < 4.78 is 19.7. The maximum Gasteiger partial charge on any atom is 0.165 e. The Morgan fingerprint density at radius 3 is 2.65 bits per heavy atom. The number of hydrogen-bond donors (Lipinski definition) is 0. The summed E-state index contributed by atoms with van der Waals surface area (Å²) in [5.74, 6) is -0.0595. The zero-order chi connectivity index (χ0) is 12.3. The van der Waals surface area contributed by atoms with Gasteiger partial charge < -0.3 is 4.74 Å². The van der Waals surface area contributed by atoms with Crippen molar-refractivity contribution in [2.75, 3.05) is 0 Å². The zero-order valence-corrected chi connectivity index (χ0v) is 11.0. The van der Waals surface area contributed by atoms with Crippen molar-refractivity contribution in [3.05, 3.63) is 63.9 Å². The molecule has 0 aliphatic heterocycles. The second-order valence-electron chi connectivity index (χ2n) is 3.81. The van der Waals surface area contributed by atoms with Gasteiger partial charge in [0.25, 0.3) is 0 Å². The number of halogens is 2. The molecule has 1 nitrogen and oxygen atoms in total. The third kappa shape index (κ3) is 3.07. The van der Waals surface area contributed by atoms with Crippen LogP contribution >= 0.6 is 15.9 Å². The second-order valence-corrected chi connectivity index (χ2v) is 4.67. The first-order valence-corrected chi connectivity index (χ1v) is 6.08. The molecule has 2 aromatic carbocycles. The molecule has 0 spiro atoms. The van der Waals surface area contributed by atoms with Crippen molar-refractivity contribution in [1.82, 2.24) is 0 Å². The fourth-order valence-corrected chi connectivity index (χ4v) is 2.09. The fourth-order valence-electron chi connectivity index (χ4n) is 1.49. The van der Waals surface area contributed by atoms with Crippen LogP contribution in [0.5, 0.6) is 5.75 Å². The van der Waals surface area contributed by atoms with Crippen LogP contribution in [0.3, 0.4) is 0 Å². The van der Waals surface area contributed by atoms with Crippen LogP contribution in [-0.4, -0.2) is 0 Å². The van der Waals surface area contributed by atoms with E-state index in [0.717, 1.165) is 10.0 Å². The molecule has 0 aliphatic rings. The minimum absolute atomic E-state index is 0.278. The van der Waals surface area contributed by atoms with Gasteiger partial charge in [0, 0.05) is 10.0 Å². The normalized spacial score (nSPS) is 10.3. The van der Waals surface area contributed by atoms with Gasteiger partial charge in [0.1, 0.15) is 6.61 Å². The molecular weight excluding hydrogens is 283 g/mol. The Hall–Kier alpha value is -1.35. The molecule has 0 unspecified atom stereocenters. The van der Waals surface area contributed by atoms with Crippen LogP contribution in [0.2, 0.25) is 0 Å². The molecule has 0 radical (unpaired) electrons. The number of para-hydroxylation sites is 1. The van der Waals surface area contributed by atoms with Crippen molar-refractivity contribution in [1.29, 1.82) is 0 Å². The van der Waals surface area contributed by atoms with Crippen LogP contribution in [-0.2, 0) is 6.61 Å². The molecule has 2 rings (SSSR count). The van der Waals surface area contributed by atoms with E-state index >= 15 is 0 Å². The molecule has 0 saturated heterocycles. The van der Waals surface area contributed by atoms with Gasteiger partial charge in [-0.2, -0.15) is 0 Å². The molecule has 2 aromatic rings. The lowest BCUT2D eigenvalue weighted by Gasteiger charge is -2.09. The summed E-state index contributed by atoms with van der Waals surface area (Å²) in [4.78, 5) is 0. The van der Waals surface area contributed by atoms with E-state index in [4.69, 9.17) is 4.74 Å². The molecule has 0 aliphatic carbocycles. The standard InChI is InChI=1S/C14H12BrFO/c1-10-6-7-11(12(15)8-10)9-17-14-5-3-2-4-13(14)16/h2-8H,9H2,1H3. The number of rotatable bonds is 3. The van der Waals surface area contributed by atoms with Crippen LogP contribution in [0.4, 0.5) is 4.39 Å². The summed E-state index contributed by atoms with van der Waals surface area (Å²) in [5.41, 5.74) is 2.17. The highest BCUT2D eigenvalue weighted by molar-refractivity contribution is 9.10. The zero-order valence-electron chi connectivity index (χ0n) is 9.41. The average molecular weight is 295 g/mol. The predicted molar refractivity (Wildman–Crippen MR) is 69.6 cm³/mol. The van der Waals surface area contributed by atoms with Gasteiger partial charge >= 0.3 is 0 Å². The monoisotopic (exact) mass is 294 g/mol. The van der Waals surface area contributed by atoms with Crippen LogP contribution in [0.1, 0.15) is 11.1 Å². The Labute approximate surface area is 108 Å². The summed E-state index contributed by atoms with van der Waals surface area (Å²) in [6, 6.07) is 12.4. The molecular formula is C14H12BrFO. The van der Waals surface area contributed by atoms with E-state index in [0.29, 0.717) is 6.61 Å². The molecule has 0 aromatic heterocycles. The summed E-state index contributed by atoms with van der Waals surface area (Å²) in [7, 11) is 0. The van der Waals surface area contributed by atoms with E-state index in [-0.39, 0.29) is 11.6 Å². The maximum absolute atomic E-state index is 13.3. The Morgan fingerprint density at radius 1 is 1.18 bits per heavy atom. The average Bonchev–Trinajstić information content (AvgIpc) is 2.30. The number of aryl methyl sites for hydroxylation is 1. The third-order valence-electron chi connectivity index (χ3n) is 2.43. The summed E-state index contributed by atoms with van der Waals surface area (Å²) >= 11 is 3.47. The van der Waals surface area contributed by atoms with Gasteiger partial charge in [-0.25, -0.2) is 4.39 Å². The molecule has 0 heterocycles. The predicted octanol–water partition coefficient (Wildman–Crippen LogP) is 4.48. The van der Waals surface area contributed by atoms with E-state index in [2.05, 4.69) is 15.9 Å². The van der Waals surface area contributed by atoms with Crippen molar-refractivity contribution in [3.63, 3.8) is 0 Å². The van der Waals surface area contributed by atoms with Crippen molar-refractivity contribution in [2.45, 2.75) is 13.5 Å². The number of hydrogen-bond acceptors (Lipinski definition) is 1. The largest absolute Gasteiger partial charge is 0.486 e. The van der Waals surface area contributed by atoms with E-state index in [1.54, 1.807) is 18.2 Å². The van der Waals surface area contributed by atoms with Crippen molar-refractivity contribution in [3.8, 4) is 5.75 Å². The highest BCUT2D eigenvalue weighted by atomic mass is 79.9. The molecule has 0 atom stereocenters. The van der Waals surface area contributed by atoms with Gasteiger partial charge in [-0.3, -0.25) is 0 Å². The Morgan fingerprint density at radius 2 is 1.94 bits per heavy atom. The summed E-state index contributed by atoms with van der Waals surface area (Å²) in [6.45, 7) is 2.37. The molecule has 0 bridgehead atoms. The first-order valence-electron chi connectivity index (χ1n) is 5.29. The molecule has 0 fully saturated rings. The highest BCUT2D eigenvalue weighted by Crippen LogP contribution is 2.22. The highest BCUT2D eigenvalue weighted by Gasteiger charge is 2.04. The van der Waals surface area contributed by atoms with Crippen LogP contribution in [0.15, 0.2) is 46.9 Å². The topological polar surface area (TPSA) is 9.23 Å². The lowest BCUT2D eigenvalue weighted by Crippen LogP contribution is -1.98. The first kappa shape index (κ1) is 12.1. The minimum Gasteiger partial charge on any atom is -0.486 e. The second kappa shape index (κ2) is 5.32. The minimum atomic E-state index is -0.337. The van der Waals surface area contributed by atoms with Gasteiger partial charge in [-0.05, 0) is 30.7 Å². The van der Waals surface area contributed by atoms with Gasteiger partial charge in [-0.1, -0.05) is 40.2 Å². The molecule has 0 amide bonds. The quantitative estimate of drug-likeness (QED) is 0.811. The Bertz CT molecular complexity index is 525. The van der Waals surface area contributed by atoms with Crippen molar-refractivity contribution < 1.29 is 9.13 Å². The maximum atomic E-state index is 13.3. The lowest BCUT2D eigenvalue weighted by atomic mass is 10.2. The Balaban J connectivity index is 2.10. The van der Waals surface area contributed by atoms with Crippen LogP contribution in [0, 0.1) is 12.7 Å².